The van der Waals surface area contributed by atoms with Crippen LogP contribution in [-0.2, 0) is 4.79 Å². The van der Waals surface area contributed by atoms with Crippen LogP contribution in [0.4, 0.5) is 0 Å². The van der Waals surface area contributed by atoms with Gasteiger partial charge in [-0.1, -0.05) is 36.4 Å². The number of para-hydroxylation sites is 1. The van der Waals surface area contributed by atoms with Gasteiger partial charge in [0.1, 0.15) is 17.7 Å². The Bertz CT molecular complexity index is 825. The summed E-state index contributed by atoms with van der Waals surface area (Å²) in [6.07, 6.45) is 1.04. The zero-order valence-corrected chi connectivity index (χ0v) is 13.6. The number of carbonyl (C=O) groups excluding carboxylic acids is 1. The molecule has 1 heterocycles. The van der Waals surface area contributed by atoms with Gasteiger partial charge in [0.15, 0.2) is 6.23 Å². The van der Waals surface area contributed by atoms with Crippen molar-refractivity contribution in [3.63, 3.8) is 0 Å². The first-order chi connectivity index (χ1) is 12.5. The fourth-order valence-electron chi connectivity index (χ4n) is 2.53. The van der Waals surface area contributed by atoms with E-state index in [-0.39, 0.29) is 0 Å². The summed E-state index contributed by atoms with van der Waals surface area (Å²) in [5.74, 6) is 0.522. The average Bonchev–Trinajstić information content (AvgIpc) is 2.60. The number of benzene rings is 2. The van der Waals surface area contributed by atoms with Gasteiger partial charge in [-0.2, -0.15) is 0 Å². The maximum absolute atomic E-state index is 11.7. The lowest BCUT2D eigenvalue weighted by Gasteiger charge is -2.28. The molecule has 2 aromatic carbocycles. The van der Waals surface area contributed by atoms with Crippen LogP contribution in [0.2, 0.25) is 0 Å². The molecule has 8 nitrogen and oxygen atoms in total. The van der Waals surface area contributed by atoms with Gasteiger partial charge < -0.3 is 15.2 Å². The van der Waals surface area contributed by atoms with Crippen molar-refractivity contribution in [2.75, 3.05) is 0 Å². The predicted octanol–water partition coefficient (Wildman–Crippen LogP) is 1.50. The monoisotopic (exact) mass is 355 g/mol. The second-order valence-corrected chi connectivity index (χ2v) is 5.67. The van der Waals surface area contributed by atoms with Crippen molar-refractivity contribution in [1.82, 2.24) is 10.6 Å². The highest BCUT2D eigenvalue weighted by Crippen LogP contribution is 2.22. The highest BCUT2D eigenvalue weighted by Gasteiger charge is 2.43. The van der Waals surface area contributed by atoms with Gasteiger partial charge >= 0.3 is 11.9 Å². The number of aliphatic hydroxyl groups is 1. The molecule has 1 fully saturated rings. The molecular formula is C18H17N3O5. The molecule has 2 aromatic rings. The molecule has 0 aliphatic carbocycles. The lowest BCUT2D eigenvalue weighted by atomic mass is 10.1. The summed E-state index contributed by atoms with van der Waals surface area (Å²) >= 11 is 0. The zero-order chi connectivity index (χ0) is 18.5. The third-order valence-electron chi connectivity index (χ3n) is 3.76. The molecule has 1 saturated heterocycles. The summed E-state index contributed by atoms with van der Waals surface area (Å²) < 4.78 is 5.75. The van der Waals surface area contributed by atoms with Gasteiger partial charge in [0.25, 0.3) is 0 Å². The van der Waals surface area contributed by atoms with Gasteiger partial charge in [-0.05, 0) is 35.9 Å². The first kappa shape index (κ1) is 17.6. The van der Waals surface area contributed by atoms with Crippen molar-refractivity contribution < 1.29 is 19.6 Å². The maximum atomic E-state index is 11.7. The van der Waals surface area contributed by atoms with Crippen molar-refractivity contribution in [3.05, 3.63) is 76.4 Å². The second kappa shape index (κ2) is 7.77. The van der Waals surface area contributed by atoms with Crippen LogP contribution >= 0.6 is 0 Å². The molecule has 3 rings (SSSR count). The van der Waals surface area contributed by atoms with Crippen LogP contribution in [0.15, 0.2) is 60.7 Å². The number of nitrogens with one attached hydrogen (secondary N) is 2. The Morgan fingerprint density at radius 3 is 2.54 bits per heavy atom. The third-order valence-corrected chi connectivity index (χ3v) is 3.76. The summed E-state index contributed by atoms with van der Waals surface area (Å²) in [6, 6.07) is 14.9. The number of nitro groups is 1. The molecule has 1 amide bonds. The first-order valence-electron chi connectivity index (χ1n) is 7.92. The Labute approximate surface area is 149 Å². The summed E-state index contributed by atoms with van der Waals surface area (Å²) in [4.78, 5) is 21.7. The molecule has 3 atom stereocenters. The van der Waals surface area contributed by atoms with Crippen molar-refractivity contribution >= 4 is 12.0 Å². The molecule has 0 aromatic heterocycles. The Morgan fingerprint density at radius 1 is 1.12 bits per heavy atom. The molecule has 1 aliphatic heterocycles. The molecule has 0 saturated carbocycles. The summed E-state index contributed by atoms with van der Waals surface area (Å²) in [7, 11) is 0. The highest BCUT2D eigenvalue weighted by atomic mass is 16.6. The van der Waals surface area contributed by atoms with Gasteiger partial charge in [0, 0.05) is 4.92 Å². The molecule has 134 valence electrons. The van der Waals surface area contributed by atoms with Gasteiger partial charge in [-0.15, -0.1) is 0 Å². The van der Waals surface area contributed by atoms with Crippen molar-refractivity contribution in [2.24, 2.45) is 0 Å². The molecule has 0 radical (unpaired) electrons. The summed E-state index contributed by atoms with van der Waals surface area (Å²) in [6.45, 7) is 0. The fourth-order valence-corrected chi connectivity index (χ4v) is 2.53. The first-order valence-corrected chi connectivity index (χ1v) is 7.92. The van der Waals surface area contributed by atoms with E-state index in [0.717, 1.165) is 5.56 Å². The largest absolute Gasteiger partial charge is 0.457 e. The number of carbonyl (C=O) groups is 1. The standard InChI is InChI=1S/C18H17N3O5/c22-17-16(21(24)25)18(23)20-15(19-17)10-9-12-5-4-8-14(11-12)26-13-6-2-1-3-7-13/h1-11,15-17,19,22H,(H,20,23)/b10-9+. The van der Waals surface area contributed by atoms with E-state index in [1.54, 1.807) is 12.2 Å². The number of ether oxygens (including phenoxy) is 1. The lowest BCUT2D eigenvalue weighted by molar-refractivity contribution is -0.522. The number of nitrogens with zero attached hydrogens (tertiary/aromatic N) is 1. The normalized spacial score (nSPS) is 22.8. The Balaban J connectivity index is 1.66. The van der Waals surface area contributed by atoms with E-state index < -0.39 is 29.3 Å². The number of amides is 1. The third kappa shape index (κ3) is 4.24. The van der Waals surface area contributed by atoms with Crippen LogP contribution in [0.1, 0.15) is 5.56 Å². The lowest BCUT2D eigenvalue weighted by Crippen LogP contribution is -2.65. The predicted molar refractivity (Wildman–Crippen MR) is 93.8 cm³/mol. The van der Waals surface area contributed by atoms with Crippen LogP contribution in [0, 0.1) is 10.1 Å². The smallest absolute Gasteiger partial charge is 0.328 e. The van der Waals surface area contributed by atoms with Crippen LogP contribution in [0.25, 0.3) is 6.08 Å². The SMILES string of the molecule is O=C1NC(/C=C/c2cccc(Oc3ccccc3)c2)NC(O)C1[N+](=O)[O-]. The minimum Gasteiger partial charge on any atom is -0.457 e. The van der Waals surface area contributed by atoms with E-state index in [9.17, 15) is 20.0 Å². The van der Waals surface area contributed by atoms with Gasteiger partial charge in [0.2, 0.25) is 0 Å². The van der Waals surface area contributed by atoms with E-state index in [2.05, 4.69) is 10.6 Å². The Kier molecular flexibility index (Phi) is 5.26. The topological polar surface area (TPSA) is 114 Å². The van der Waals surface area contributed by atoms with Crippen LogP contribution < -0.4 is 15.4 Å². The van der Waals surface area contributed by atoms with Crippen molar-refractivity contribution in [3.8, 4) is 11.5 Å². The number of hydrogen-bond donors (Lipinski definition) is 3. The number of rotatable bonds is 5. The van der Waals surface area contributed by atoms with Crippen molar-refractivity contribution in [1.29, 1.82) is 0 Å². The molecule has 1 aliphatic rings. The molecule has 0 bridgehead atoms. The second-order valence-electron chi connectivity index (χ2n) is 5.67. The van der Waals surface area contributed by atoms with E-state index >= 15 is 0 Å². The van der Waals surface area contributed by atoms with Crippen LogP contribution in [0.3, 0.4) is 0 Å². The minimum atomic E-state index is -1.72. The molecule has 8 heteroatoms. The van der Waals surface area contributed by atoms with E-state index in [4.69, 9.17) is 4.74 Å². The molecule has 3 N–H and O–H groups in total. The summed E-state index contributed by atoms with van der Waals surface area (Å²) in [5.41, 5.74) is 0.806. The van der Waals surface area contributed by atoms with E-state index in [0.29, 0.717) is 11.5 Å². The zero-order valence-electron chi connectivity index (χ0n) is 13.6. The molecular weight excluding hydrogens is 338 g/mol. The van der Waals surface area contributed by atoms with Gasteiger partial charge in [0.05, 0.1) is 0 Å². The summed E-state index contributed by atoms with van der Waals surface area (Å²) in [5, 5.41) is 25.5. The van der Waals surface area contributed by atoms with Crippen molar-refractivity contribution in [2.45, 2.75) is 18.4 Å². The number of aliphatic hydroxyl groups excluding tert-OH is 1. The van der Waals surface area contributed by atoms with E-state index in [1.165, 1.54) is 0 Å². The minimum absolute atomic E-state index is 0.646. The molecule has 0 spiro atoms. The van der Waals surface area contributed by atoms with Gasteiger partial charge in [-0.25, -0.2) is 0 Å². The number of hydrogen-bond acceptors (Lipinski definition) is 6. The van der Waals surface area contributed by atoms with Crippen LogP contribution in [0.5, 0.6) is 11.5 Å². The maximum Gasteiger partial charge on any atom is 0.328 e. The fraction of sp³-hybridized carbons (Fsp3) is 0.167. The highest BCUT2D eigenvalue weighted by molar-refractivity contribution is 5.82. The van der Waals surface area contributed by atoms with Gasteiger partial charge in [-0.3, -0.25) is 20.2 Å². The Morgan fingerprint density at radius 2 is 1.85 bits per heavy atom. The van der Waals surface area contributed by atoms with Crippen LogP contribution in [-0.4, -0.2) is 34.4 Å². The Hall–Kier alpha value is -3.23. The molecule has 26 heavy (non-hydrogen) atoms. The van der Waals surface area contributed by atoms with E-state index in [1.807, 2.05) is 54.6 Å². The quantitative estimate of drug-likeness (QED) is 0.553. The average molecular weight is 355 g/mol. The molecule has 3 unspecified atom stereocenters.